The summed E-state index contributed by atoms with van der Waals surface area (Å²) in [6, 6.07) is -1.32. The van der Waals surface area contributed by atoms with E-state index in [1.54, 1.807) is 6.92 Å². The van der Waals surface area contributed by atoms with Crippen molar-refractivity contribution in [1.29, 1.82) is 0 Å². The van der Waals surface area contributed by atoms with Crippen molar-refractivity contribution in [3.05, 3.63) is 17.5 Å². The molecule has 16 heavy (non-hydrogen) atoms. The van der Waals surface area contributed by atoms with Gasteiger partial charge >= 0.3 is 6.18 Å². The summed E-state index contributed by atoms with van der Waals surface area (Å²) in [4.78, 5) is 1.44. The lowest BCUT2D eigenvalue weighted by Crippen LogP contribution is -2.40. The number of halogens is 3. The van der Waals surface area contributed by atoms with Crippen molar-refractivity contribution in [3.8, 4) is 0 Å². The van der Waals surface area contributed by atoms with Gasteiger partial charge < -0.3 is 4.52 Å². The smallest absolute Gasteiger partial charge is 0.361 e. The lowest BCUT2D eigenvalue weighted by Gasteiger charge is -2.25. The molecule has 0 spiro atoms. The van der Waals surface area contributed by atoms with Crippen LogP contribution >= 0.6 is 0 Å². The van der Waals surface area contributed by atoms with Gasteiger partial charge in [-0.05, 0) is 26.3 Å². The summed E-state index contributed by atoms with van der Waals surface area (Å²) in [5.74, 6) is 0.591. The van der Waals surface area contributed by atoms with E-state index >= 15 is 0 Å². The van der Waals surface area contributed by atoms with Crippen LogP contribution in [-0.4, -0.2) is 28.8 Å². The second kappa shape index (κ2) is 4.08. The minimum atomic E-state index is -4.14. The maximum atomic E-state index is 12.7. The van der Waals surface area contributed by atoms with Gasteiger partial charge in [0.1, 0.15) is 11.8 Å². The van der Waals surface area contributed by atoms with Crippen LogP contribution in [0.1, 0.15) is 24.2 Å². The Morgan fingerprint density at radius 2 is 2.31 bits per heavy atom. The Bertz CT molecular complexity index is 361. The molecule has 90 valence electrons. The predicted molar refractivity (Wildman–Crippen MR) is 50.7 cm³/mol. The number of rotatable bonds is 2. The highest BCUT2D eigenvalue weighted by atomic mass is 19.4. The number of nitrogens with zero attached hydrogens (tertiary/aromatic N) is 2. The van der Waals surface area contributed by atoms with Crippen LogP contribution in [0.5, 0.6) is 0 Å². The molecule has 1 atom stereocenters. The molecule has 3 nitrogen and oxygen atoms in total. The summed E-state index contributed by atoms with van der Waals surface area (Å²) in [5.41, 5.74) is 0.733. The maximum absolute atomic E-state index is 12.7. The van der Waals surface area contributed by atoms with Crippen molar-refractivity contribution in [2.24, 2.45) is 0 Å². The van der Waals surface area contributed by atoms with Gasteiger partial charge in [0.15, 0.2) is 0 Å². The Morgan fingerprint density at radius 3 is 2.88 bits per heavy atom. The fourth-order valence-corrected chi connectivity index (χ4v) is 2.08. The van der Waals surface area contributed by atoms with Crippen LogP contribution in [0, 0.1) is 6.92 Å². The second-order valence-electron chi connectivity index (χ2n) is 4.08. The van der Waals surface area contributed by atoms with Gasteiger partial charge in [0, 0.05) is 12.1 Å². The Morgan fingerprint density at radius 1 is 1.56 bits per heavy atom. The summed E-state index contributed by atoms with van der Waals surface area (Å²) in [6.45, 7) is 2.45. The molecule has 1 saturated heterocycles. The van der Waals surface area contributed by atoms with E-state index in [9.17, 15) is 13.2 Å². The Labute approximate surface area is 91.2 Å². The van der Waals surface area contributed by atoms with E-state index in [-0.39, 0.29) is 13.0 Å². The maximum Gasteiger partial charge on any atom is 0.404 e. The summed E-state index contributed by atoms with van der Waals surface area (Å²) in [5, 5.41) is 3.57. The van der Waals surface area contributed by atoms with Gasteiger partial charge in [-0.15, -0.1) is 0 Å². The third-order valence-electron chi connectivity index (χ3n) is 2.97. The standard InChI is InChI=1S/C10H13F3N2O/c1-7-8(5-14-16-7)6-15-4-2-3-9(15)10(11,12)13/h5,9H,2-4,6H2,1H3/t9-/m0/s1. The van der Waals surface area contributed by atoms with Crippen LogP contribution in [0.25, 0.3) is 0 Å². The number of likely N-dealkylation sites (tertiary alicyclic amines) is 1. The highest BCUT2D eigenvalue weighted by Gasteiger charge is 2.45. The monoisotopic (exact) mass is 234 g/mol. The predicted octanol–water partition coefficient (Wildman–Crippen LogP) is 2.51. The lowest BCUT2D eigenvalue weighted by molar-refractivity contribution is -0.177. The topological polar surface area (TPSA) is 29.3 Å². The van der Waals surface area contributed by atoms with Gasteiger partial charge in [-0.25, -0.2) is 0 Å². The molecule has 1 aromatic rings. The lowest BCUT2D eigenvalue weighted by atomic mass is 10.2. The van der Waals surface area contributed by atoms with Crippen LogP contribution < -0.4 is 0 Å². The third kappa shape index (κ3) is 2.21. The fraction of sp³-hybridized carbons (Fsp3) is 0.700. The van der Waals surface area contributed by atoms with E-state index in [1.165, 1.54) is 11.1 Å². The van der Waals surface area contributed by atoms with Crippen molar-refractivity contribution >= 4 is 0 Å². The van der Waals surface area contributed by atoms with Crippen LogP contribution in [0.3, 0.4) is 0 Å². The molecule has 2 rings (SSSR count). The first kappa shape index (κ1) is 11.4. The summed E-state index contributed by atoms with van der Waals surface area (Å²) in [7, 11) is 0. The van der Waals surface area contributed by atoms with Crippen LogP contribution in [0.4, 0.5) is 13.2 Å². The molecule has 1 fully saturated rings. The fourth-order valence-electron chi connectivity index (χ4n) is 2.08. The molecule has 0 aliphatic carbocycles. The van der Waals surface area contributed by atoms with Crippen molar-refractivity contribution in [2.45, 2.75) is 38.5 Å². The molecule has 1 aliphatic rings. The number of aromatic nitrogens is 1. The molecule has 1 aromatic heterocycles. The minimum absolute atomic E-state index is 0.188. The van der Waals surface area contributed by atoms with Crippen molar-refractivity contribution in [1.82, 2.24) is 10.1 Å². The van der Waals surface area contributed by atoms with Gasteiger partial charge in [0.2, 0.25) is 0 Å². The van der Waals surface area contributed by atoms with Gasteiger partial charge in [-0.2, -0.15) is 13.2 Å². The Hall–Kier alpha value is -1.04. The molecular weight excluding hydrogens is 221 g/mol. The molecule has 0 saturated carbocycles. The minimum Gasteiger partial charge on any atom is -0.361 e. The average Bonchev–Trinajstić information content (AvgIpc) is 2.76. The number of hydrogen-bond donors (Lipinski definition) is 0. The largest absolute Gasteiger partial charge is 0.404 e. The third-order valence-corrected chi connectivity index (χ3v) is 2.97. The Balaban J connectivity index is 2.07. The van der Waals surface area contributed by atoms with Crippen molar-refractivity contribution in [2.75, 3.05) is 6.54 Å². The van der Waals surface area contributed by atoms with E-state index < -0.39 is 12.2 Å². The number of alkyl halides is 3. The first-order valence-electron chi connectivity index (χ1n) is 5.19. The average molecular weight is 234 g/mol. The van der Waals surface area contributed by atoms with Crippen LogP contribution in [-0.2, 0) is 6.54 Å². The van der Waals surface area contributed by atoms with Gasteiger partial charge in [-0.1, -0.05) is 5.16 Å². The molecule has 0 N–H and O–H groups in total. The molecule has 2 heterocycles. The molecule has 0 bridgehead atoms. The van der Waals surface area contributed by atoms with Crippen LogP contribution in [0.15, 0.2) is 10.7 Å². The first-order chi connectivity index (χ1) is 7.48. The van der Waals surface area contributed by atoms with E-state index in [1.807, 2.05) is 0 Å². The first-order valence-corrected chi connectivity index (χ1v) is 5.19. The Kier molecular flexibility index (Phi) is 2.92. The molecule has 0 radical (unpaired) electrons. The summed E-state index contributed by atoms with van der Waals surface area (Å²) in [6.07, 6.45) is -1.87. The quantitative estimate of drug-likeness (QED) is 0.787. The molecule has 1 aliphatic heterocycles. The summed E-state index contributed by atoms with van der Waals surface area (Å²) >= 11 is 0. The zero-order chi connectivity index (χ0) is 11.8. The number of hydrogen-bond acceptors (Lipinski definition) is 3. The second-order valence-corrected chi connectivity index (χ2v) is 4.08. The van der Waals surface area contributed by atoms with Crippen LogP contribution in [0.2, 0.25) is 0 Å². The van der Waals surface area contributed by atoms with E-state index in [0.29, 0.717) is 18.7 Å². The summed E-state index contributed by atoms with van der Waals surface area (Å²) < 4.78 is 42.8. The number of aryl methyl sites for hydroxylation is 1. The van der Waals surface area contributed by atoms with Crippen molar-refractivity contribution < 1.29 is 17.7 Å². The van der Waals surface area contributed by atoms with E-state index in [2.05, 4.69) is 5.16 Å². The highest BCUT2D eigenvalue weighted by Crippen LogP contribution is 2.33. The molecule has 0 unspecified atom stereocenters. The zero-order valence-corrected chi connectivity index (χ0v) is 8.92. The molecule has 0 aromatic carbocycles. The van der Waals surface area contributed by atoms with Gasteiger partial charge in [-0.3, -0.25) is 4.90 Å². The zero-order valence-electron chi connectivity index (χ0n) is 8.92. The van der Waals surface area contributed by atoms with E-state index in [0.717, 1.165) is 5.56 Å². The normalized spacial score (nSPS) is 22.9. The SMILES string of the molecule is Cc1oncc1CN1CCC[C@H]1C(F)(F)F. The van der Waals surface area contributed by atoms with Gasteiger partial charge in [0.25, 0.3) is 0 Å². The van der Waals surface area contributed by atoms with Crippen molar-refractivity contribution in [3.63, 3.8) is 0 Å². The molecule has 0 amide bonds. The highest BCUT2D eigenvalue weighted by molar-refractivity contribution is 5.12. The molecule has 6 heteroatoms. The van der Waals surface area contributed by atoms with E-state index in [4.69, 9.17) is 4.52 Å². The van der Waals surface area contributed by atoms with Gasteiger partial charge in [0.05, 0.1) is 6.20 Å². The molecular formula is C10H13F3N2O.